The van der Waals surface area contributed by atoms with Crippen molar-refractivity contribution in [3.8, 4) is 0 Å². The summed E-state index contributed by atoms with van der Waals surface area (Å²) in [6.45, 7) is 2.65. The second-order valence-electron chi connectivity index (χ2n) is 5.14. The lowest BCUT2D eigenvalue weighted by Gasteiger charge is -2.26. The molecule has 0 unspecified atom stereocenters. The van der Waals surface area contributed by atoms with Crippen molar-refractivity contribution in [2.24, 2.45) is 0 Å². The van der Waals surface area contributed by atoms with E-state index >= 15 is 0 Å². The van der Waals surface area contributed by atoms with Gasteiger partial charge in [0.1, 0.15) is 0 Å². The van der Waals surface area contributed by atoms with Crippen LogP contribution in [0.4, 0.5) is 5.69 Å². The molecule has 1 aliphatic heterocycles. The summed E-state index contributed by atoms with van der Waals surface area (Å²) < 4.78 is 31.4. The lowest BCUT2D eigenvalue weighted by Crippen LogP contribution is -2.40. The molecule has 0 aliphatic carbocycles. The van der Waals surface area contributed by atoms with Gasteiger partial charge in [0.25, 0.3) is 5.91 Å². The highest BCUT2D eigenvalue weighted by atomic mass is 32.2. The molecule has 1 aromatic carbocycles. The van der Waals surface area contributed by atoms with Crippen LogP contribution in [-0.4, -0.2) is 50.9 Å². The second-order valence-corrected chi connectivity index (χ2v) is 7.08. The van der Waals surface area contributed by atoms with Gasteiger partial charge in [-0.25, -0.2) is 8.42 Å². The molecule has 1 fully saturated rings. The van der Waals surface area contributed by atoms with E-state index in [4.69, 9.17) is 4.74 Å². The largest absolute Gasteiger partial charge is 0.545 e. The molecule has 1 saturated heterocycles. The Morgan fingerprint density at radius 1 is 1.21 bits per heavy atom. The van der Waals surface area contributed by atoms with Crippen molar-refractivity contribution in [2.45, 2.75) is 11.8 Å². The van der Waals surface area contributed by atoms with Crippen molar-refractivity contribution in [2.75, 3.05) is 31.6 Å². The Morgan fingerprint density at radius 2 is 1.79 bits per heavy atom. The number of amides is 1. The van der Waals surface area contributed by atoms with Crippen molar-refractivity contribution in [3.63, 3.8) is 0 Å². The van der Waals surface area contributed by atoms with Crippen LogP contribution in [0.1, 0.15) is 6.92 Å². The maximum atomic E-state index is 12.5. The SMILES string of the molecule is C/C(=C/C(=O)[O-])C(=O)Nc1ccc(S(=O)(=O)N2CCOCC2)cc1. The van der Waals surface area contributed by atoms with Gasteiger partial charge >= 0.3 is 0 Å². The summed E-state index contributed by atoms with van der Waals surface area (Å²) in [6.07, 6.45) is 0.687. The summed E-state index contributed by atoms with van der Waals surface area (Å²) in [5.74, 6) is -2.07. The maximum absolute atomic E-state index is 12.5. The minimum atomic E-state index is -3.60. The molecule has 1 aromatic rings. The molecule has 2 rings (SSSR count). The molecule has 24 heavy (non-hydrogen) atoms. The smallest absolute Gasteiger partial charge is 0.251 e. The van der Waals surface area contributed by atoms with Gasteiger partial charge in [-0.05, 0) is 37.3 Å². The normalized spacial score (nSPS) is 16.6. The van der Waals surface area contributed by atoms with Gasteiger partial charge in [0.15, 0.2) is 0 Å². The Hall–Kier alpha value is -2.23. The van der Waals surface area contributed by atoms with Crippen LogP contribution in [0.3, 0.4) is 0 Å². The van der Waals surface area contributed by atoms with Crippen LogP contribution in [0.15, 0.2) is 40.8 Å². The third kappa shape index (κ3) is 4.40. The minimum Gasteiger partial charge on any atom is -0.545 e. The Bertz CT molecular complexity index is 749. The monoisotopic (exact) mass is 353 g/mol. The van der Waals surface area contributed by atoms with E-state index < -0.39 is 21.9 Å². The van der Waals surface area contributed by atoms with Crippen LogP contribution in [0.2, 0.25) is 0 Å². The lowest BCUT2D eigenvalue weighted by molar-refractivity contribution is -0.297. The van der Waals surface area contributed by atoms with Crippen LogP contribution < -0.4 is 10.4 Å². The number of hydrogen-bond donors (Lipinski definition) is 1. The third-order valence-corrected chi connectivity index (χ3v) is 5.33. The molecule has 0 atom stereocenters. The Kier molecular flexibility index (Phi) is 5.71. The highest BCUT2D eigenvalue weighted by Gasteiger charge is 2.26. The van der Waals surface area contributed by atoms with Gasteiger partial charge in [-0.1, -0.05) is 0 Å². The number of carboxylic acids is 1. The van der Waals surface area contributed by atoms with Gasteiger partial charge in [-0.3, -0.25) is 4.79 Å². The van der Waals surface area contributed by atoms with Gasteiger partial charge in [0.2, 0.25) is 10.0 Å². The number of rotatable bonds is 5. The maximum Gasteiger partial charge on any atom is 0.251 e. The highest BCUT2D eigenvalue weighted by Crippen LogP contribution is 2.19. The summed E-state index contributed by atoms with van der Waals surface area (Å²) in [6, 6.07) is 5.66. The molecule has 0 saturated carbocycles. The predicted octanol–water partition coefficient (Wildman–Crippen LogP) is -0.658. The fourth-order valence-corrected chi connectivity index (χ4v) is 3.53. The molecule has 1 N–H and O–H groups in total. The zero-order valence-corrected chi connectivity index (χ0v) is 13.8. The molecule has 0 radical (unpaired) electrons. The molecular formula is C15H17N2O6S-. The third-order valence-electron chi connectivity index (χ3n) is 3.41. The van der Waals surface area contributed by atoms with Crippen LogP contribution in [-0.2, 0) is 24.3 Å². The van der Waals surface area contributed by atoms with Crippen molar-refractivity contribution in [1.82, 2.24) is 4.31 Å². The van der Waals surface area contributed by atoms with Gasteiger partial charge < -0.3 is 20.0 Å². The summed E-state index contributed by atoms with van der Waals surface area (Å²) >= 11 is 0. The molecule has 0 spiro atoms. The van der Waals surface area contributed by atoms with E-state index in [0.29, 0.717) is 38.1 Å². The van der Waals surface area contributed by atoms with Crippen LogP contribution in [0, 0.1) is 0 Å². The van der Waals surface area contributed by atoms with Gasteiger partial charge in [0, 0.05) is 24.4 Å². The standard InChI is InChI=1S/C15H18N2O6S/c1-11(10-14(18)19)15(20)16-12-2-4-13(5-3-12)24(21,22)17-6-8-23-9-7-17/h2-5,10H,6-9H2,1H3,(H,16,20)(H,18,19)/p-1/b11-10-. The molecule has 0 aromatic heterocycles. The number of nitrogens with zero attached hydrogens (tertiary/aromatic N) is 1. The van der Waals surface area contributed by atoms with Gasteiger partial charge in [-0.2, -0.15) is 4.31 Å². The second kappa shape index (κ2) is 7.56. The van der Waals surface area contributed by atoms with Gasteiger partial charge in [0.05, 0.1) is 24.1 Å². The molecule has 1 amide bonds. The summed E-state index contributed by atoms with van der Waals surface area (Å²) in [5, 5.41) is 12.9. The number of carboxylic acid groups (broad SMARTS) is 1. The Balaban J connectivity index is 2.10. The molecule has 130 valence electrons. The summed E-state index contributed by atoms with van der Waals surface area (Å²) in [7, 11) is -3.60. The number of benzene rings is 1. The summed E-state index contributed by atoms with van der Waals surface area (Å²) in [5.41, 5.74) is 0.326. The van der Waals surface area contributed by atoms with E-state index in [-0.39, 0.29) is 10.5 Å². The Morgan fingerprint density at radius 3 is 2.33 bits per heavy atom. The first-order valence-corrected chi connectivity index (χ1v) is 8.63. The average molecular weight is 353 g/mol. The number of morpholine rings is 1. The number of carbonyl (C=O) groups excluding carboxylic acids is 2. The zero-order valence-electron chi connectivity index (χ0n) is 13.0. The molecule has 9 heteroatoms. The quantitative estimate of drug-likeness (QED) is 0.703. The fraction of sp³-hybridized carbons (Fsp3) is 0.333. The first-order chi connectivity index (χ1) is 11.3. The molecular weight excluding hydrogens is 336 g/mol. The first-order valence-electron chi connectivity index (χ1n) is 7.19. The van der Waals surface area contributed by atoms with E-state index in [0.717, 1.165) is 0 Å². The topological polar surface area (TPSA) is 116 Å². The van der Waals surface area contributed by atoms with Crippen molar-refractivity contribution < 1.29 is 27.9 Å². The van der Waals surface area contributed by atoms with E-state index in [9.17, 15) is 23.1 Å². The summed E-state index contributed by atoms with van der Waals surface area (Å²) in [4.78, 5) is 22.3. The fourth-order valence-electron chi connectivity index (χ4n) is 2.12. The number of hydrogen-bond acceptors (Lipinski definition) is 6. The number of carbonyl (C=O) groups is 2. The number of ether oxygens (including phenoxy) is 1. The molecule has 8 nitrogen and oxygen atoms in total. The zero-order chi connectivity index (χ0) is 17.7. The Labute approximate surface area is 139 Å². The van der Waals surface area contributed by atoms with Crippen LogP contribution in [0.5, 0.6) is 0 Å². The first kappa shape index (κ1) is 18.1. The van der Waals surface area contributed by atoms with Gasteiger partial charge in [-0.15, -0.1) is 0 Å². The van der Waals surface area contributed by atoms with Crippen LogP contribution >= 0.6 is 0 Å². The highest BCUT2D eigenvalue weighted by molar-refractivity contribution is 7.89. The lowest BCUT2D eigenvalue weighted by atomic mass is 10.2. The number of aliphatic carboxylic acids is 1. The predicted molar refractivity (Wildman–Crippen MR) is 83.4 cm³/mol. The van der Waals surface area contributed by atoms with E-state index in [1.807, 2.05) is 0 Å². The van der Waals surface area contributed by atoms with E-state index in [2.05, 4.69) is 5.32 Å². The molecule has 0 bridgehead atoms. The van der Waals surface area contributed by atoms with Crippen molar-refractivity contribution >= 4 is 27.6 Å². The van der Waals surface area contributed by atoms with E-state index in [1.165, 1.54) is 35.5 Å². The van der Waals surface area contributed by atoms with Crippen molar-refractivity contribution in [3.05, 3.63) is 35.9 Å². The minimum absolute atomic E-state index is 0.0278. The van der Waals surface area contributed by atoms with E-state index in [1.54, 1.807) is 0 Å². The number of anilines is 1. The number of sulfonamides is 1. The number of nitrogens with one attached hydrogen (secondary N) is 1. The molecule has 1 heterocycles. The van der Waals surface area contributed by atoms with Crippen molar-refractivity contribution in [1.29, 1.82) is 0 Å². The van der Waals surface area contributed by atoms with Crippen LogP contribution in [0.25, 0.3) is 0 Å². The molecule has 1 aliphatic rings. The average Bonchev–Trinajstić information content (AvgIpc) is 2.55.